The quantitative estimate of drug-likeness (QED) is 0.251. The van der Waals surface area contributed by atoms with Crippen molar-refractivity contribution in [2.45, 2.75) is 69.8 Å². The van der Waals surface area contributed by atoms with Crippen LogP contribution in [0, 0.1) is 16.0 Å². The Morgan fingerprint density at radius 1 is 1.32 bits per heavy atom. The number of hydrogen-bond acceptors (Lipinski definition) is 6. The average molecular weight is 469 g/mol. The van der Waals surface area contributed by atoms with Gasteiger partial charge in [0.1, 0.15) is 6.04 Å². The van der Waals surface area contributed by atoms with E-state index in [0.717, 1.165) is 0 Å². The molecule has 1 amide bonds. The number of nitrogens with zero attached hydrogens (tertiary/aromatic N) is 2. The maximum atomic E-state index is 13.1. The maximum Gasteiger partial charge on any atom is 0.326 e. The lowest BCUT2D eigenvalue weighted by molar-refractivity contribution is -0.384. The lowest BCUT2D eigenvalue weighted by atomic mass is 9.89. The van der Waals surface area contributed by atoms with Crippen LogP contribution in [-0.2, 0) is 20.4 Å². The van der Waals surface area contributed by atoms with Crippen LogP contribution in [0.25, 0.3) is 0 Å². The van der Waals surface area contributed by atoms with Gasteiger partial charge >= 0.3 is 5.97 Å². The minimum Gasteiger partial charge on any atom is -0.480 e. The average Bonchev–Trinajstić information content (AvgIpc) is 2.64. The van der Waals surface area contributed by atoms with E-state index in [1.165, 1.54) is 40.9 Å². The van der Waals surface area contributed by atoms with Crippen molar-refractivity contribution in [1.82, 2.24) is 4.90 Å². The summed E-state index contributed by atoms with van der Waals surface area (Å²) in [6.45, 7) is 12.6. The monoisotopic (exact) mass is 468 g/mol. The van der Waals surface area contributed by atoms with Gasteiger partial charge in [0, 0.05) is 18.6 Å². The molecular formula is C21H32N2O6SSi. The molecule has 0 aliphatic carbocycles. The van der Waals surface area contributed by atoms with E-state index in [2.05, 4.69) is 33.9 Å². The Morgan fingerprint density at radius 2 is 1.87 bits per heavy atom. The van der Waals surface area contributed by atoms with Crippen LogP contribution in [0.2, 0.25) is 18.1 Å². The summed E-state index contributed by atoms with van der Waals surface area (Å²) >= 11 is 1.44. The fraction of sp³-hybridized carbons (Fsp3) is 0.619. The van der Waals surface area contributed by atoms with E-state index >= 15 is 0 Å². The molecule has 1 aliphatic rings. The number of hydrogen-bond donors (Lipinski definition) is 1. The zero-order valence-corrected chi connectivity index (χ0v) is 20.9. The summed E-state index contributed by atoms with van der Waals surface area (Å²) in [5.41, 5.74) is 0.564. The number of amides is 1. The smallest absolute Gasteiger partial charge is 0.326 e. The lowest BCUT2D eigenvalue weighted by Crippen LogP contribution is -2.68. The molecule has 172 valence electrons. The summed E-state index contributed by atoms with van der Waals surface area (Å²) in [6, 6.07) is 4.72. The number of non-ortho nitro benzene ring substituents is 1. The summed E-state index contributed by atoms with van der Waals surface area (Å²) in [7, 11) is -2.08. The predicted molar refractivity (Wildman–Crippen MR) is 124 cm³/mol. The third-order valence-corrected chi connectivity index (χ3v) is 11.9. The molecule has 1 saturated heterocycles. The molecule has 1 aromatic carbocycles. The number of carboxylic acids is 1. The molecule has 0 aromatic heterocycles. The summed E-state index contributed by atoms with van der Waals surface area (Å²) in [6.07, 6.45) is 1.64. The van der Waals surface area contributed by atoms with Crippen molar-refractivity contribution in [3.63, 3.8) is 0 Å². The van der Waals surface area contributed by atoms with Gasteiger partial charge in [-0.05, 0) is 36.9 Å². The molecule has 0 saturated carbocycles. The minimum absolute atomic E-state index is 0.00210. The van der Waals surface area contributed by atoms with Gasteiger partial charge in [0.2, 0.25) is 5.91 Å². The van der Waals surface area contributed by atoms with Crippen LogP contribution in [0.5, 0.6) is 0 Å². The molecule has 1 fully saturated rings. The molecule has 4 unspecified atom stereocenters. The number of carbonyl (C=O) groups excluding carboxylic acids is 1. The molecule has 1 aromatic rings. The number of rotatable bonds is 9. The van der Waals surface area contributed by atoms with Gasteiger partial charge in [-0.3, -0.25) is 14.9 Å². The number of thioether (sulfide) groups is 1. The van der Waals surface area contributed by atoms with Gasteiger partial charge in [0.05, 0.1) is 22.3 Å². The number of benzene rings is 1. The molecule has 31 heavy (non-hydrogen) atoms. The number of aliphatic carboxylic acids is 1. The molecule has 10 heteroatoms. The van der Waals surface area contributed by atoms with E-state index in [9.17, 15) is 24.8 Å². The molecule has 0 radical (unpaired) electrons. The number of nitro groups is 1. The van der Waals surface area contributed by atoms with Crippen LogP contribution in [0.15, 0.2) is 24.3 Å². The second kappa shape index (κ2) is 9.29. The van der Waals surface area contributed by atoms with Crippen molar-refractivity contribution in [2.75, 3.05) is 6.26 Å². The Bertz CT molecular complexity index is 839. The van der Waals surface area contributed by atoms with Gasteiger partial charge in [-0.15, -0.1) is 11.8 Å². The van der Waals surface area contributed by atoms with Gasteiger partial charge in [-0.2, -0.15) is 0 Å². The van der Waals surface area contributed by atoms with Crippen LogP contribution in [-0.4, -0.2) is 58.9 Å². The molecule has 4 atom stereocenters. The fourth-order valence-electron chi connectivity index (χ4n) is 3.53. The largest absolute Gasteiger partial charge is 0.480 e. The SMILES string of the molecule is CSC1C(C(C)O[Si](C)(C)C(C)(C)C)C(=O)N1C(Cc1ccc([N+](=O)[O-])cc1)C(=O)O. The van der Waals surface area contributed by atoms with Crippen molar-refractivity contribution >= 4 is 37.6 Å². The highest BCUT2D eigenvalue weighted by Crippen LogP contribution is 2.43. The topological polar surface area (TPSA) is 110 Å². The second-order valence-electron chi connectivity index (χ2n) is 9.46. The van der Waals surface area contributed by atoms with Gasteiger partial charge in [0.15, 0.2) is 8.32 Å². The predicted octanol–water partition coefficient (Wildman–Crippen LogP) is 4.15. The molecule has 0 bridgehead atoms. The highest BCUT2D eigenvalue weighted by atomic mass is 32.2. The standard InChI is InChI=1S/C21H32N2O6SSi/c1-13(29-31(6,7)21(2,3)4)17-18(24)22(19(17)30-5)16(20(25)26)12-14-8-10-15(11-9-14)23(27)28/h8-11,13,16-17,19H,12H2,1-7H3,(H,25,26). The van der Waals surface area contributed by atoms with Crippen molar-refractivity contribution < 1.29 is 24.0 Å². The van der Waals surface area contributed by atoms with E-state index in [4.69, 9.17) is 4.43 Å². The Morgan fingerprint density at radius 3 is 2.29 bits per heavy atom. The third kappa shape index (κ3) is 5.29. The maximum absolute atomic E-state index is 13.1. The third-order valence-electron chi connectivity index (χ3n) is 6.35. The normalized spacial score (nSPS) is 21.4. The highest BCUT2D eigenvalue weighted by Gasteiger charge is 2.55. The summed E-state index contributed by atoms with van der Waals surface area (Å²) < 4.78 is 6.42. The molecule has 8 nitrogen and oxygen atoms in total. The van der Waals surface area contributed by atoms with E-state index < -0.39 is 31.2 Å². The van der Waals surface area contributed by atoms with Crippen molar-refractivity contribution in [2.24, 2.45) is 5.92 Å². The first-order valence-electron chi connectivity index (χ1n) is 10.2. The van der Waals surface area contributed by atoms with Crippen molar-refractivity contribution in [3.05, 3.63) is 39.9 Å². The van der Waals surface area contributed by atoms with Crippen molar-refractivity contribution in [3.8, 4) is 0 Å². The highest BCUT2D eigenvalue weighted by molar-refractivity contribution is 7.99. The molecule has 1 N–H and O–H groups in total. The van der Waals surface area contributed by atoms with Crippen LogP contribution in [0.3, 0.4) is 0 Å². The van der Waals surface area contributed by atoms with Gasteiger partial charge < -0.3 is 14.4 Å². The summed E-state index contributed by atoms with van der Waals surface area (Å²) in [5.74, 6) is -1.72. The fourth-order valence-corrected chi connectivity index (χ4v) is 6.07. The number of β-lactam (4-membered cyclic amide) rings is 1. The van der Waals surface area contributed by atoms with Crippen molar-refractivity contribution in [1.29, 1.82) is 0 Å². The van der Waals surface area contributed by atoms with Crippen LogP contribution >= 0.6 is 11.8 Å². The van der Waals surface area contributed by atoms with E-state index in [0.29, 0.717) is 5.56 Å². The zero-order valence-electron chi connectivity index (χ0n) is 19.1. The second-order valence-corrected chi connectivity index (χ2v) is 15.2. The minimum atomic E-state index is -2.08. The number of nitro benzene ring substituents is 1. The lowest BCUT2D eigenvalue weighted by Gasteiger charge is -2.52. The Hall–Kier alpha value is -1.91. The van der Waals surface area contributed by atoms with Gasteiger partial charge in [-0.25, -0.2) is 4.79 Å². The number of carboxylic acid groups (broad SMARTS) is 1. The first-order valence-corrected chi connectivity index (χ1v) is 14.4. The summed E-state index contributed by atoms with van der Waals surface area (Å²) in [4.78, 5) is 36.9. The first-order chi connectivity index (χ1) is 14.2. The van der Waals surface area contributed by atoms with Gasteiger partial charge in [0.25, 0.3) is 5.69 Å². The zero-order chi connectivity index (χ0) is 23.7. The van der Waals surface area contributed by atoms with Crippen LogP contribution in [0.4, 0.5) is 5.69 Å². The number of likely N-dealkylation sites (tertiary alicyclic amines) is 1. The Kier molecular flexibility index (Phi) is 7.60. The Labute approximate surface area is 188 Å². The molecule has 0 spiro atoms. The molecule has 1 heterocycles. The first kappa shape index (κ1) is 25.3. The molecular weight excluding hydrogens is 436 g/mol. The number of carbonyl (C=O) groups is 2. The molecule has 1 aliphatic heterocycles. The summed E-state index contributed by atoms with van der Waals surface area (Å²) in [5, 5.41) is 20.4. The van der Waals surface area contributed by atoms with E-state index in [1.807, 2.05) is 13.2 Å². The van der Waals surface area contributed by atoms with Crippen LogP contribution in [0.1, 0.15) is 33.3 Å². The van der Waals surface area contributed by atoms with E-state index in [-0.39, 0.29) is 34.5 Å². The Balaban J connectivity index is 2.19. The van der Waals surface area contributed by atoms with E-state index in [1.54, 1.807) is 0 Å². The molecule has 2 rings (SSSR count). The van der Waals surface area contributed by atoms with Crippen LogP contribution < -0.4 is 0 Å². The van der Waals surface area contributed by atoms with Gasteiger partial charge in [-0.1, -0.05) is 32.9 Å².